The number of hydrogen-bond acceptors (Lipinski definition) is 3. The van der Waals surface area contributed by atoms with Crippen LogP contribution in [-0.4, -0.2) is 21.4 Å². The minimum atomic E-state index is -0.458. The molecule has 0 radical (unpaired) electrons. The van der Waals surface area contributed by atoms with Crippen LogP contribution in [0.4, 0.5) is 15.8 Å². The second-order valence-electron chi connectivity index (χ2n) is 7.41. The number of hydrogen-bond donors (Lipinski definition) is 2. The van der Waals surface area contributed by atoms with Gasteiger partial charge in [0.15, 0.2) is 0 Å². The molecule has 0 atom stereocenters. The van der Waals surface area contributed by atoms with Crippen molar-refractivity contribution in [2.45, 2.75) is 13.5 Å². The second kappa shape index (κ2) is 9.26. The molecule has 4 rings (SSSR count). The minimum Gasteiger partial charge on any atom is -0.332 e. The number of imidazole rings is 1. The predicted octanol–water partition coefficient (Wildman–Crippen LogP) is 4.88. The average Bonchev–Trinajstić information content (AvgIpc) is 3.25. The van der Waals surface area contributed by atoms with Gasteiger partial charge in [0.1, 0.15) is 11.5 Å². The van der Waals surface area contributed by atoms with E-state index in [0.717, 1.165) is 11.1 Å². The molecule has 4 aromatic rings. The normalized spacial score (nSPS) is 10.6. The van der Waals surface area contributed by atoms with Crippen molar-refractivity contribution < 1.29 is 14.0 Å². The molecule has 1 aromatic heterocycles. The zero-order valence-corrected chi connectivity index (χ0v) is 17.4. The second-order valence-corrected chi connectivity index (χ2v) is 7.41. The third kappa shape index (κ3) is 5.26. The number of halogens is 1. The van der Waals surface area contributed by atoms with Crippen LogP contribution in [0.5, 0.6) is 0 Å². The number of rotatable bonds is 6. The van der Waals surface area contributed by atoms with Crippen LogP contribution in [0, 0.1) is 12.7 Å². The summed E-state index contributed by atoms with van der Waals surface area (Å²) in [4.78, 5) is 28.8. The van der Waals surface area contributed by atoms with E-state index >= 15 is 0 Å². The smallest absolute Gasteiger partial charge is 0.275 e. The number of aryl methyl sites for hydroxylation is 1. The molecule has 0 aliphatic heterocycles. The van der Waals surface area contributed by atoms with Crippen LogP contribution in [0.25, 0.3) is 0 Å². The van der Waals surface area contributed by atoms with Crippen LogP contribution in [0.3, 0.4) is 0 Å². The molecule has 0 unspecified atom stereocenters. The van der Waals surface area contributed by atoms with E-state index in [9.17, 15) is 14.0 Å². The third-order valence-corrected chi connectivity index (χ3v) is 4.84. The van der Waals surface area contributed by atoms with Crippen molar-refractivity contribution in [1.82, 2.24) is 9.55 Å². The van der Waals surface area contributed by atoms with E-state index in [2.05, 4.69) is 15.6 Å². The molecule has 0 aliphatic carbocycles. The first-order valence-corrected chi connectivity index (χ1v) is 10.0. The number of aromatic nitrogens is 2. The van der Waals surface area contributed by atoms with Gasteiger partial charge in [-0.25, -0.2) is 9.37 Å². The topological polar surface area (TPSA) is 76.0 Å². The Morgan fingerprint density at radius 2 is 1.56 bits per heavy atom. The van der Waals surface area contributed by atoms with Crippen molar-refractivity contribution >= 4 is 23.2 Å². The van der Waals surface area contributed by atoms with Crippen molar-refractivity contribution in [3.8, 4) is 0 Å². The highest BCUT2D eigenvalue weighted by Gasteiger charge is 2.11. The summed E-state index contributed by atoms with van der Waals surface area (Å²) < 4.78 is 15.1. The summed E-state index contributed by atoms with van der Waals surface area (Å²) in [5, 5.41) is 5.57. The molecule has 0 saturated heterocycles. The van der Waals surface area contributed by atoms with Gasteiger partial charge in [0.25, 0.3) is 11.8 Å². The van der Waals surface area contributed by atoms with Crippen molar-refractivity contribution in [2.75, 3.05) is 10.6 Å². The SMILES string of the molecule is Cc1ccc(NC(=O)c2cn(Cc3ccc(NC(=O)c4cccc(F)c4)cc3)cn2)cc1. The monoisotopic (exact) mass is 428 g/mol. The highest BCUT2D eigenvalue weighted by atomic mass is 19.1. The molecule has 0 saturated carbocycles. The van der Waals surface area contributed by atoms with Gasteiger partial charge in [-0.3, -0.25) is 9.59 Å². The molecule has 0 aliphatic rings. The van der Waals surface area contributed by atoms with E-state index in [1.807, 2.05) is 47.9 Å². The van der Waals surface area contributed by atoms with Crippen molar-refractivity contribution in [3.05, 3.63) is 114 Å². The van der Waals surface area contributed by atoms with Gasteiger partial charge in [-0.15, -0.1) is 0 Å². The summed E-state index contributed by atoms with van der Waals surface area (Å²) in [5.41, 5.74) is 3.98. The van der Waals surface area contributed by atoms with E-state index < -0.39 is 5.82 Å². The van der Waals surface area contributed by atoms with Gasteiger partial charge in [0.05, 0.1) is 6.33 Å². The van der Waals surface area contributed by atoms with Crippen LogP contribution in [0.15, 0.2) is 85.3 Å². The molecule has 6 nitrogen and oxygen atoms in total. The molecular weight excluding hydrogens is 407 g/mol. The highest BCUT2D eigenvalue weighted by Crippen LogP contribution is 2.14. The summed E-state index contributed by atoms with van der Waals surface area (Å²) in [6.45, 7) is 2.50. The fraction of sp³-hybridized carbons (Fsp3) is 0.0800. The van der Waals surface area contributed by atoms with Gasteiger partial charge in [0.2, 0.25) is 0 Å². The summed E-state index contributed by atoms with van der Waals surface area (Å²) in [7, 11) is 0. The van der Waals surface area contributed by atoms with Gasteiger partial charge in [-0.1, -0.05) is 35.9 Å². The van der Waals surface area contributed by atoms with Gasteiger partial charge >= 0.3 is 0 Å². The van der Waals surface area contributed by atoms with Gasteiger partial charge in [-0.2, -0.15) is 0 Å². The molecule has 0 spiro atoms. The van der Waals surface area contributed by atoms with Gasteiger partial charge in [-0.05, 0) is 55.0 Å². The summed E-state index contributed by atoms with van der Waals surface area (Å²) in [6, 6.07) is 20.4. The van der Waals surface area contributed by atoms with Crippen molar-refractivity contribution in [3.63, 3.8) is 0 Å². The Morgan fingerprint density at radius 1 is 0.906 bits per heavy atom. The van der Waals surface area contributed by atoms with Crippen LogP contribution in [-0.2, 0) is 6.54 Å². The Kier molecular flexibility index (Phi) is 6.07. The van der Waals surface area contributed by atoms with Gasteiger partial charge < -0.3 is 15.2 Å². The van der Waals surface area contributed by atoms with Crippen molar-refractivity contribution in [2.24, 2.45) is 0 Å². The summed E-state index contributed by atoms with van der Waals surface area (Å²) in [5.74, 6) is -1.11. The molecular formula is C25H21FN4O2. The largest absolute Gasteiger partial charge is 0.332 e. The zero-order valence-electron chi connectivity index (χ0n) is 17.4. The molecule has 7 heteroatoms. The average molecular weight is 428 g/mol. The molecule has 2 amide bonds. The maximum Gasteiger partial charge on any atom is 0.275 e. The van der Waals surface area contributed by atoms with E-state index in [1.54, 1.807) is 30.7 Å². The number of nitrogens with one attached hydrogen (secondary N) is 2. The summed E-state index contributed by atoms with van der Waals surface area (Å²) >= 11 is 0. The Bertz CT molecular complexity index is 1250. The van der Waals surface area contributed by atoms with Crippen molar-refractivity contribution in [1.29, 1.82) is 0 Å². The molecule has 32 heavy (non-hydrogen) atoms. The predicted molar refractivity (Wildman–Crippen MR) is 121 cm³/mol. The fourth-order valence-corrected chi connectivity index (χ4v) is 3.13. The molecule has 160 valence electrons. The Hall–Kier alpha value is -4.26. The number of anilines is 2. The van der Waals surface area contributed by atoms with Crippen LogP contribution >= 0.6 is 0 Å². The molecule has 3 aromatic carbocycles. The first-order chi connectivity index (χ1) is 15.5. The Labute approximate surface area is 184 Å². The fourth-order valence-electron chi connectivity index (χ4n) is 3.13. The van der Waals surface area contributed by atoms with Crippen LogP contribution < -0.4 is 10.6 Å². The lowest BCUT2D eigenvalue weighted by Crippen LogP contribution is -2.12. The number of nitrogens with zero attached hydrogens (tertiary/aromatic N) is 2. The van der Waals surface area contributed by atoms with Crippen LogP contribution in [0.1, 0.15) is 32.0 Å². The maximum atomic E-state index is 13.3. The number of carbonyl (C=O) groups excluding carboxylic acids is 2. The molecule has 2 N–H and O–H groups in total. The lowest BCUT2D eigenvalue weighted by molar-refractivity contribution is 0.101. The number of amides is 2. The maximum absolute atomic E-state index is 13.3. The van der Waals surface area contributed by atoms with Crippen LogP contribution in [0.2, 0.25) is 0 Å². The van der Waals surface area contributed by atoms with E-state index in [-0.39, 0.29) is 17.4 Å². The highest BCUT2D eigenvalue weighted by molar-refractivity contribution is 6.04. The lowest BCUT2D eigenvalue weighted by atomic mass is 10.1. The first-order valence-electron chi connectivity index (χ1n) is 10.0. The van der Waals surface area contributed by atoms with E-state index in [0.29, 0.717) is 23.6 Å². The summed E-state index contributed by atoms with van der Waals surface area (Å²) in [6.07, 6.45) is 3.28. The zero-order chi connectivity index (χ0) is 22.5. The lowest BCUT2D eigenvalue weighted by Gasteiger charge is -2.07. The number of carbonyl (C=O) groups is 2. The Balaban J connectivity index is 1.35. The number of benzene rings is 3. The van der Waals surface area contributed by atoms with E-state index in [4.69, 9.17) is 0 Å². The van der Waals surface area contributed by atoms with E-state index in [1.165, 1.54) is 18.2 Å². The standard InChI is InChI=1S/C25H21FN4O2/c1-17-5-9-21(10-6-17)29-25(32)23-15-30(16-27-23)14-18-7-11-22(12-8-18)28-24(31)19-3-2-4-20(26)13-19/h2-13,15-16H,14H2,1H3,(H,28,31)(H,29,32). The first kappa shape index (κ1) is 21.0. The molecule has 1 heterocycles. The Morgan fingerprint density at radius 3 is 2.25 bits per heavy atom. The quantitative estimate of drug-likeness (QED) is 0.459. The molecule has 0 fully saturated rings. The third-order valence-electron chi connectivity index (χ3n) is 4.84. The van der Waals surface area contributed by atoms with Gasteiger partial charge in [0, 0.05) is 29.7 Å². The minimum absolute atomic E-state index is 0.254. The molecule has 0 bridgehead atoms.